The van der Waals surface area contributed by atoms with Gasteiger partial charge in [0.15, 0.2) is 4.77 Å². The second-order valence-corrected chi connectivity index (χ2v) is 7.63. The molecule has 0 aliphatic carbocycles. The normalized spacial score (nSPS) is 11.2. The van der Waals surface area contributed by atoms with Crippen LogP contribution < -0.4 is 5.56 Å². The molecule has 0 fully saturated rings. The molecule has 0 radical (unpaired) electrons. The van der Waals surface area contributed by atoms with Crippen molar-refractivity contribution in [1.82, 2.24) is 14.5 Å². The minimum Gasteiger partial charge on any atom is -0.346 e. The third-order valence-electron chi connectivity index (χ3n) is 4.63. The molecule has 1 amide bonds. The number of amides is 1. The number of fused-ring (bicyclic) bond motifs is 1. The predicted octanol–water partition coefficient (Wildman–Crippen LogP) is 4.12. The number of benzene rings is 1. The topological polar surface area (TPSA) is 58.1 Å². The van der Waals surface area contributed by atoms with Gasteiger partial charge in [-0.15, -0.1) is 0 Å². The maximum absolute atomic E-state index is 12.6. The molecule has 2 rings (SSSR count). The van der Waals surface area contributed by atoms with Gasteiger partial charge in [-0.05, 0) is 49.5 Å². The van der Waals surface area contributed by atoms with Crippen LogP contribution in [-0.2, 0) is 11.3 Å². The third kappa shape index (κ3) is 5.53. The van der Waals surface area contributed by atoms with Gasteiger partial charge in [-0.25, -0.2) is 0 Å². The molecule has 6 heteroatoms. The van der Waals surface area contributed by atoms with Gasteiger partial charge in [0.1, 0.15) is 0 Å². The first-order valence-electron chi connectivity index (χ1n) is 9.36. The Kier molecular flexibility index (Phi) is 7.57. The number of carbonyl (C=O) groups is 1. The number of rotatable bonds is 9. The Labute approximate surface area is 160 Å². The molecule has 5 nitrogen and oxygen atoms in total. The second kappa shape index (κ2) is 9.67. The molecule has 0 unspecified atom stereocenters. The lowest BCUT2D eigenvalue weighted by molar-refractivity contribution is -0.130. The van der Waals surface area contributed by atoms with Crippen molar-refractivity contribution in [2.45, 2.75) is 52.5 Å². The van der Waals surface area contributed by atoms with Gasteiger partial charge >= 0.3 is 0 Å². The number of aromatic amines is 1. The van der Waals surface area contributed by atoms with Crippen molar-refractivity contribution in [1.29, 1.82) is 0 Å². The number of H-pyrrole nitrogens is 1. The number of nitrogens with one attached hydrogen (secondary N) is 1. The van der Waals surface area contributed by atoms with Crippen molar-refractivity contribution in [3.8, 4) is 0 Å². The maximum Gasteiger partial charge on any atom is 0.262 e. The molecule has 1 heterocycles. The Morgan fingerprint density at radius 1 is 1.23 bits per heavy atom. The van der Waals surface area contributed by atoms with Crippen LogP contribution in [0.5, 0.6) is 0 Å². The zero-order chi connectivity index (χ0) is 19.1. The zero-order valence-corrected chi connectivity index (χ0v) is 16.8. The lowest BCUT2D eigenvalue weighted by atomic mass is 10.1. The summed E-state index contributed by atoms with van der Waals surface area (Å²) in [5.74, 6) is 0.806. The monoisotopic (exact) mass is 375 g/mol. The van der Waals surface area contributed by atoms with Crippen molar-refractivity contribution in [2.24, 2.45) is 5.92 Å². The van der Waals surface area contributed by atoms with E-state index in [4.69, 9.17) is 12.2 Å². The molecule has 0 aliphatic heterocycles. The number of para-hydroxylation sites is 1. The van der Waals surface area contributed by atoms with E-state index in [9.17, 15) is 9.59 Å². The van der Waals surface area contributed by atoms with E-state index in [1.807, 2.05) is 36.2 Å². The van der Waals surface area contributed by atoms with Crippen LogP contribution in [0, 0.1) is 10.7 Å². The molecule has 142 valence electrons. The predicted molar refractivity (Wildman–Crippen MR) is 109 cm³/mol. The van der Waals surface area contributed by atoms with Gasteiger partial charge in [-0.2, -0.15) is 0 Å². The fraction of sp³-hybridized carbons (Fsp3) is 0.550. The van der Waals surface area contributed by atoms with Crippen LogP contribution in [0.25, 0.3) is 10.9 Å². The molecular weight excluding hydrogens is 346 g/mol. The average molecular weight is 376 g/mol. The van der Waals surface area contributed by atoms with Crippen LogP contribution in [0.3, 0.4) is 0 Å². The Balaban J connectivity index is 1.82. The summed E-state index contributed by atoms with van der Waals surface area (Å²) in [5.41, 5.74) is 0.725. The molecule has 0 bridgehead atoms. The molecular formula is C20H29N3O2S. The van der Waals surface area contributed by atoms with E-state index in [-0.39, 0.29) is 11.5 Å². The van der Waals surface area contributed by atoms with E-state index < -0.39 is 0 Å². The number of hydrogen-bond acceptors (Lipinski definition) is 3. The van der Waals surface area contributed by atoms with Crippen LogP contribution in [-0.4, -0.2) is 34.0 Å². The molecule has 0 atom stereocenters. The number of aromatic nitrogens is 2. The fourth-order valence-corrected chi connectivity index (χ4v) is 3.18. The van der Waals surface area contributed by atoms with E-state index in [1.165, 1.54) is 0 Å². The lowest BCUT2D eigenvalue weighted by Gasteiger charge is -2.18. The van der Waals surface area contributed by atoms with Crippen LogP contribution in [0.1, 0.15) is 46.0 Å². The molecule has 1 aromatic carbocycles. The average Bonchev–Trinajstić information content (AvgIpc) is 2.61. The quantitative estimate of drug-likeness (QED) is 0.530. The first-order chi connectivity index (χ1) is 12.4. The Morgan fingerprint density at radius 3 is 2.69 bits per heavy atom. The molecule has 26 heavy (non-hydrogen) atoms. The summed E-state index contributed by atoms with van der Waals surface area (Å²) in [6.45, 7) is 5.73. The van der Waals surface area contributed by atoms with Crippen molar-refractivity contribution in [2.75, 3.05) is 13.6 Å². The van der Waals surface area contributed by atoms with E-state index >= 15 is 0 Å². The molecule has 1 N–H and O–H groups in total. The molecule has 0 aliphatic rings. The smallest absolute Gasteiger partial charge is 0.262 e. The third-order valence-corrected chi connectivity index (χ3v) is 4.95. The Hall–Kier alpha value is -1.95. The first kappa shape index (κ1) is 20.4. The number of unbranched alkanes of at least 4 members (excludes halogenated alkanes) is 2. The summed E-state index contributed by atoms with van der Waals surface area (Å²) in [5, 5.41) is 0.656. The van der Waals surface area contributed by atoms with E-state index in [2.05, 4.69) is 18.8 Å². The minimum atomic E-state index is -0.0474. The van der Waals surface area contributed by atoms with Crippen molar-refractivity contribution >= 4 is 29.0 Å². The highest BCUT2D eigenvalue weighted by Gasteiger charge is 2.09. The van der Waals surface area contributed by atoms with Gasteiger partial charge in [-0.3, -0.25) is 14.2 Å². The van der Waals surface area contributed by atoms with Gasteiger partial charge in [0.05, 0.1) is 10.9 Å². The van der Waals surface area contributed by atoms with Crippen molar-refractivity contribution < 1.29 is 4.79 Å². The van der Waals surface area contributed by atoms with Gasteiger partial charge in [0, 0.05) is 26.6 Å². The zero-order valence-electron chi connectivity index (χ0n) is 16.0. The summed E-state index contributed by atoms with van der Waals surface area (Å²) in [4.78, 5) is 29.6. The van der Waals surface area contributed by atoms with E-state index in [0.717, 1.165) is 37.7 Å². The summed E-state index contributed by atoms with van der Waals surface area (Å²) >= 11 is 5.32. The van der Waals surface area contributed by atoms with Gasteiger partial charge < -0.3 is 9.88 Å². The number of nitrogens with zero attached hydrogens (tertiary/aromatic N) is 2. The molecule has 1 aromatic heterocycles. The summed E-state index contributed by atoms with van der Waals surface area (Å²) < 4.78 is 2.08. The summed E-state index contributed by atoms with van der Waals surface area (Å²) in [6.07, 6.45) is 4.17. The van der Waals surface area contributed by atoms with Crippen LogP contribution in [0.2, 0.25) is 0 Å². The number of carbonyl (C=O) groups excluding carboxylic acids is 1. The highest BCUT2D eigenvalue weighted by atomic mass is 32.1. The maximum atomic E-state index is 12.6. The Morgan fingerprint density at radius 2 is 1.96 bits per heavy atom. The van der Waals surface area contributed by atoms with Crippen LogP contribution in [0.4, 0.5) is 0 Å². The SMILES string of the molecule is CC(C)CCN(C)C(=O)CCCCCn1c(=S)[nH]c2ccccc2c1=O. The summed E-state index contributed by atoms with van der Waals surface area (Å²) in [7, 11) is 1.87. The van der Waals surface area contributed by atoms with Crippen molar-refractivity contribution in [3.63, 3.8) is 0 Å². The first-order valence-corrected chi connectivity index (χ1v) is 9.76. The Bertz CT molecular complexity index is 854. The number of hydrogen-bond donors (Lipinski definition) is 1. The molecule has 0 saturated heterocycles. The molecule has 0 saturated carbocycles. The van der Waals surface area contributed by atoms with Crippen LogP contribution in [0.15, 0.2) is 29.1 Å². The summed E-state index contributed by atoms with van der Waals surface area (Å²) in [6, 6.07) is 7.41. The highest BCUT2D eigenvalue weighted by molar-refractivity contribution is 7.71. The molecule has 0 spiro atoms. The van der Waals surface area contributed by atoms with Gasteiger partial charge in [-0.1, -0.05) is 32.4 Å². The van der Waals surface area contributed by atoms with E-state index in [0.29, 0.717) is 29.0 Å². The standard InChI is InChI=1S/C20H29N3O2S/c1-15(2)12-14-22(3)18(24)11-5-4-8-13-23-19(25)16-9-6-7-10-17(16)21-20(23)26/h6-7,9-10,15H,4-5,8,11-14H2,1-3H3,(H,21,26). The largest absolute Gasteiger partial charge is 0.346 e. The fourth-order valence-electron chi connectivity index (χ4n) is 2.89. The minimum absolute atomic E-state index is 0.0474. The highest BCUT2D eigenvalue weighted by Crippen LogP contribution is 2.09. The molecule has 2 aromatic rings. The van der Waals surface area contributed by atoms with E-state index in [1.54, 1.807) is 4.57 Å². The van der Waals surface area contributed by atoms with Crippen molar-refractivity contribution in [3.05, 3.63) is 39.4 Å². The second-order valence-electron chi connectivity index (χ2n) is 7.24. The van der Waals surface area contributed by atoms with Crippen LogP contribution >= 0.6 is 12.2 Å². The lowest BCUT2D eigenvalue weighted by Crippen LogP contribution is -2.28. The van der Waals surface area contributed by atoms with Gasteiger partial charge in [0.2, 0.25) is 5.91 Å². The van der Waals surface area contributed by atoms with Gasteiger partial charge in [0.25, 0.3) is 5.56 Å².